The zero-order valence-electron chi connectivity index (χ0n) is 12.1. The van der Waals surface area contributed by atoms with Crippen LogP contribution in [0.2, 0.25) is 0 Å². The maximum Gasteiger partial charge on any atom is 0.317 e. The Kier molecular flexibility index (Phi) is 5.97. The smallest absolute Gasteiger partial charge is 0.317 e. The van der Waals surface area contributed by atoms with Gasteiger partial charge in [0.2, 0.25) is 5.91 Å². The minimum absolute atomic E-state index is 0.0540. The van der Waals surface area contributed by atoms with Gasteiger partial charge in [-0.1, -0.05) is 0 Å². The second-order valence-corrected chi connectivity index (χ2v) is 6.50. The largest absolute Gasteiger partial charge is 0.358 e. The summed E-state index contributed by atoms with van der Waals surface area (Å²) in [5.41, 5.74) is 0. The predicted octanol–water partition coefficient (Wildman–Crippen LogP) is -0.0448. The lowest BCUT2D eigenvalue weighted by molar-refractivity contribution is -0.122. The van der Waals surface area contributed by atoms with Crippen molar-refractivity contribution in [3.63, 3.8) is 0 Å². The van der Waals surface area contributed by atoms with Gasteiger partial charge in [0.05, 0.1) is 6.54 Å². The van der Waals surface area contributed by atoms with E-state index in [0.29, 0.717) is 6.54 Å². The Bertz CT molecular complexity index is 339. The van der Waals surface area contributed by atoms with Gasteiger partial charge in [-0.25, -0.2) is 4.79 Å². The average Bonchev–Trinajstić information content (AvgIpc) is 2.50. The van der Waals surface area contributed by atoms with Crippen molar-refractivity contribution in [1.29, 1.82) is 0 Å². The van der Waals surface area contributed by atoms with Gasteiger partial charge in [-0.2, -0.15) is 11.8 Å². The summed E-state index contributed by atoms with van der Waals surface area (Å²) >= 11 is 1.90. The van der Waals surface area contributed by atoms with E-state index in [4.69, 9.17) is 0 Å². The summed E-state index contributed by atoms with van der Waals surface area (Å²) in [5.74, 6) is 2.13. The van der Waals surface area contributed by atoms with E-state index in [2.05, 4.69) is 15.5 Å². The van der Waals surface area contributed by atoms with Crippen LogP contribution in [0.25, 0.3) is 0 Å². The van der Waals surface area contributed by atoms with Gasteiger partial charge in [0.15, 0.2) is 0 Å². The standard InChI is InChI=1S/C13H24N4O2S/c1-14-12(18)10-16-4-2-11(3-5-16)15-13(19)17-6-8-20-9-7-17/h11H,2-10H2,1H3,(H,14,18)(H,15,19). The molecule has 2 aliphatic heterocycles. The van der Waals surface area contributed by atoms with Gasteiger partial charge in [-0.15, -0.1) is 0 Å². The molecule has 20 heavy (non-hydrogen) atoms. The Labute approximate surface area is 124 Å². The molecule has 0 radical (unpaired) electrons. The van der Waals surface area contributed by atoms with E-state index < -0.39 is 0 Å². The van der Waals surface area contributed by atoms with E-state index in [0.717, 1.165) is 50.5 Å². The number of urea groups is 1. The number of piperidine rings is 1. The number of hydrogen-bond acceptors (Lipinski definition) is 4. The van der Waals surface area contributed by atoms with Crippen molar-refractivity contribution >= 4 is 23.7 Å². The molecule has 0 aromatic heterocycles. The summed E-state index contributed by atoms with van der Waals surface area (Å²) in [5, 5.41) is 5.77. The number of amides is 3. The molecule has 0 bridgehead atoms. The molecule has 7 heteroatoms. The van der Waals surface area contributed by atoms with Gasteiger partial charge in [-0.3, -0.25) is 9.69 Å². The van der Waals surface area contributed by atoms with Crippen molar-refractivity contribution in [1.82, 2.24) is 20.4 Å². The minimum atomic E-state index is 0.0540. The number of carbonyl (C=O) groups excluding carboxylic acids is 2. The maximum absolute atomic E-state index is 12.1. The van der Waals surface area contributed by atoms with Gasteiger partial charge in [0.25, 0.3) is 0 Å². The number of carbonyl (C=O) groups is 2. The number of likely N-dealkylation sites (tertiary alicyclic amines) is 1. The number of rotatable bonds is 3. The van der Waals surface area contributed by atoms with Gasteiger partial charge >= 0.3 is 6.03 Å². The van der Waals surface area contributed by atoms with Gasteiger partial charge in [-0.05, 0) is 12.8 Å². The Morgan fingerprint density at radius 3 is 2.40 bits per heavy atom. The minimum Gasteiger partial charge on any atom is -0.358 e. The topological polar surface area (TPSA) is 64.7 Å². The lowest BCUT2D eigenvalue weighted by atomic mass is 10.1. The lowest BCUT2D eigenvalue weighted by Gasteiger charge is -2.34. The molecule has 0 saturated carbocycles. The first-order valence-electron chi connectivity index (χ1n) is 7.25. The Balaban J connectivity index is 1.68. The Morgan fingerprint density at radius 1 is 1.15 bits per heavy atom. The van der Waals surface area contributed by atoms with Gasteiger partial charge < -0.3 is 15.5 Å². The normalized spacial score (nSPS) is 21.6. The highest BCUT2D eigenvalue weighted by Crippen LogP contribution is 2.12. The molecule has 2 N–H and O–H groups in total. The van der Waals surface area contributed by atoms with Crippen molar-refractivity contribution in [3.05, 3.63) is 0 Å². The second kappa shape index (κ2) is 7.73. The molecule has 2 heterocycles. The highest BCUT2D eigenvalue weighted by molar-refractivity contribution is 7.99. The zero-order chi connectivity index (χ0) is 14.4. The third-order valence-corrected chi connectivity index (χ3v) is 4.80. The summed E-state index contributed by atoms with van der Waals surface area (Å²) in [7, 11) is 1.66. The van der Waals surface area contributed by atoms with Crippen LogP contribution in [-0.4, -0.2) is 79.1 Å². The second-order valence-electron chi connectivity index (χ2n) is 5.27. The van der Waals surface area contributed by atoms with Crippen LogP contribution in [0.15, 0.2) is 0 Å². The fraction of sp³-hybridized carbons (Fsp3) is 0.846. The third-order valence-electron chi connectivity index (χ3n) is 3.86. The lowest BCUT2D eigenvalue weighted by Crippen LogP contribution is -2.51. The quantitative estimate of drug-likeness (QED) is 0.767. The predicted molar refractivity (Wildman–Crippen MR) is 81.0 cm³/mol. The SMILES string of the molecule is CNC(=O)CN1CCC(NC(=O)N2CCSCC2)CC1. The van der Waals surface area contributed by atoms with E-state index in [1.54, 1.807) is 7.05 Å². The molecule has 0 aliphatic carbocycles. The first-order valence-corrected chi connectivity index (χ1v) is 8.40. The number of nitrogens with one attached hydrogen (secondary N) is 2. The maximum atomic E-state index is 12.1. The Morgan fingerprint density at radius 2 is 1.80 bits per heavy atom. The van der Waals surface area contributed by atoms with Crippen LogP contribution >= 0.6 is 11.8 Å². The van der Waals surface area contributed by atoms with Crippen LogP contribution < -0.4 is 10.6 Å². The summed E-state index contributed by atoms with van der Waals surface area (Å²) in [4.78, 5) is 27.5. The molecule has 6 nitrogen and oxygen atoms in total. The van der Waals surface area contributed by atoms with Crippen molar-refractivity contribution in [2.24, 2.45) is 0 Å². The highest BCUT2D eigenvalue weighted by Gasteiger charge is 2.24. The van der Waals surface area contributed by atoms with Crippen molar-refractivity contribution in [2.45, 2.75) is 18.9 Å². The van der Waals surface area contributed by atoms with Crippen LogP contribution in [0.1, 0.15) is 12.8 Å². The van der Waals surface area contributed by atoms with Crippen molar-refractivity contribution in [2.75, 3.05) is 51.3 Å². The van der Waals surface area contributed by atoms with E-state index in [1.165, 1.54) is 0 Å². The number of nitrogens with zero attached hydrogens (tertiary/aromatic N) is 2. The fourth-order valence-corrected chi connectivity index (χ4v) is 3.45. The fourth-order valence-electron chi connectivity index (χ4n) is 2.55. The molecular weight excluding hydrogens is 276 g/mol. The van der Waals surface area contributed by atoms with E-state index in [9.17, 15) is 9.59 Å². The molecule has 2 saturated heterocycles. The third kappa shape index (κ3) is 4.56. The van der Waals surface area contributed by atoms with E-state index >= 15 is 0 Å². The van der Waals surface area contributed by atoms with Gasteiger partial charge in [0.1, 0.15) is 0 Å². The van der Waals surface area contributed by atoms with Crippen molar-refractivity contribution < 1.29 is 9.59 Å². The molecule has 2 aliphatic rings. The van der Waals surface area contributed by atoms with Crippen LogP contribution in [0.3, 0.4) is 0 Å². The molecule has 2 fully saturated rings. The van der Waals surface area contributed by atoms with Crippen LogP contribution in [0, 0.1) is 0 Å². The molecule has 114 valence electrons. The van der Waals surface area contributed by atoms with E-state index in [-0.39, 0.29) is 18.0 Å². The highest BCUT2D eigenvalue weighted by atomic mass is 32.2. The summed E-state index contributed by atoms with van der Waals surface area (Å²) in [6.07, 6.45) is 1.84. The molecule has 0 atom stereocenters. The summed E-state index contributed by atoms with van der Waals surface area (Å²) in [6, 6.07) is 0.327. The van der Waals surface area contributed by atoms with Crippen LogP contribution in [-0.2, 0) is 4.79 Å². The van der Waals surface area contributed by atoms with Crippen molar-refractivity contribution in [3.8, 4) is 0 Å². The average molecular weight is 300 g/mol. The first-order chi connectivity index (χ1) is 9.69. The number of hydrogen-bond donors (Lipinski definition) is 2. The molecule has 0 spiro atoms. The van der Waals surface area contributed by atoms with Gasteiger partial charge in [0, 0.05) is 50.8 Å². The molecule has 3 amide bonds. The Hall–Kier alpha value is -0.950. The number of likely N-dealkylation sites (N-methyl/N-ethyl adjacent to an activating group) is 1. The molecule has 0 unspecified atom stereocenters. The first kappa shape index (κ1) is 15.4. The van der Waals surface area contributed by atoms with E-state index in [1.807, 2.05) is 16.7 Å². The monoisotopic (exact) mass is 300 g/mol. The molecule has 0 aromatic rings. The zero-order valence-corrected chi connectivity index (χ0v) is 12.9. The summed E-state index contributed by atoms with van der Waals surface area (Å²) in [6.45, 7) is 3.90. The van der Waals surface area contributed by atoms with Crippen LogP contribution in [0.4, 0.5) is 4.79 Å². The molecular formula is C13H24N4O2S. The number of thioether (sulfide) groups is 1. The summed E-state index contributed by atoms with van der Waals surface area (Å²) < 4.78 is 0. The van der Waals surface area contributed by atoms with Crippen LogP contribution in [0.5, 0.6) is 0 Å². The molecule has 0 aromatic carbocycles. The molecule has 2 rings (SSSR count).